The summed E-state index contributed by atoms with van der Waals surface area (Å²) in [6.45, 7) is 6.29. The Kier molecular flexibility index (Phi) is 4.35. The molecule has 114 valence electrons. The van der Waals surface area contributed by atoms with E-state index in [4.69, 9.17) is 0 Å². The summed E-state index contributed by atoms with van der Waals surface area (Å²) in [5.41, 5.74) is 2.00. The molecule has 21 heavy (non-hydrogen) atoms. The molecule has 1 aliphatic carbocycles. The number of hydrogen-bond acceptors (Lipinski definition) is 2. The average molecular weight is 289 g/mol. The van der Waals surface area contributed by atoms with Crippen molar-refractivity contribution in [2.24, 2.45) is 5.41 Å². The van der Waals surface area contributed by atoms with Gasteiger partial charge in [-0.1, -0.05) is 25.5 Å². The van der Waals surface area contributed by atoms with Crippen molar-refractivity contribution in [3.63, 3.8) is 0 Å². The minimum atomic E-state index is -1.05. The van der Waals surface area contributed by atoms with E-state index in [1.54, 1.807) is 26.0 Å². The van der Waals surface area contributed by atoms with E-state index in [0.717, 1.165) is 25.7 Å². The van der Waals surface area contributed by atoms with Gasteiger partial charge in [0.05, 0.1) is 11.1 Å². The molecule has 1 aromatic carbocycles. The lowest BCUT2D eigenvalue weighted by Crippen LogP contribution is -2.32. The Morgan fingerprint density at radius 3 is 2.24 bits per heavy atom. The van der Waals surface area contributed by atoms with Crippen molar-refractivity contribution >= 4 is 11.9 Å². The van der Waals surface area contributed by atoms with E-state index in [0.29, 0.717) is 23.2 Å². The van der Waals surface area contributed by atoms with E-state index in [1.165, 1.54) is 0 Å². The van der Waals surface area contributed by atoms with Crippen LogP contribution in [0.5, 0.6) is 0 Å². The lowest BCUT2D eigenvalue weighted by Gasteiger charge is -2.17. The second-order valence-corrected chi connectivity index (χ2v) is 6.19. The minimum absolute atomic E-state index is 0.118. The highest BCUT2D eigenvalue weighted by Gasteiger charge is 2.41. The quantitative estimate of drug-likeness (QED) is 0.844. The molecule has 0 saturated heterocycles. The predicted octanol–water partition coefficient (Wildman–Crippen LogP) is 3.31. The first-order valence-corrected chi connectivity index (χ1v) is 7.52. The number of amides is 1. The fourth-order valence-corrected chi connectivity index (χ4v) is 2.96. The van der Waals surface area contributed by atoms with E-state index in [-0.39, 0.29) is 16.9 Å². The van der Waals surface area contributed by atoms with E-state index in [9.17, 15) is 14.7 Å². The molecule has 1 fully saturated rings. The van der Waals surface area contributed by atoms with Crippen LogP contribution in [0.15, 0.2) is 12.1 Å². The van der Waals surface area contributed by atoms with Crippen molar-refractivity contribution in [2.75, 3.05) is 6.54 Å². The van der Waals surface area contributed by atoms with Crippen LogP contribution in [-0.4, -0.2) is 23.5 Å². The van der Waals surface area contributed by atoms with E-state index < -0.39 is 5.97 Å². The number of benzene rings is 1. The lowest BCUT2D eigenvalue weighted by atomic mass is 9.95. The first kappa shape index (κ1) is 15.5. The smallest absolute Gasteiger partial charge is 0.336 e. The normalized spacial score (nSPS) is 15.6. The van der Waals surface area contributed by atoms with Crippen molar-refractivity contribution in [2.45, 2.75) is 46.5 Å². The van der Waals surface area contributed by atoms with Crippen molar-refractivity contribution in [1.29, 1.82) is 0 Å². The third-order valence-corrected chi connectivity index (χ3v) is 4.42. The largest absolute Gasteiger partial charge is 0.478 e. The van der Waals surface area contributed by atoms with Gasteiger partial charge in [-0.05, 0) is 49.7 Å². The fourth-order valence-electron chi connectivity index (χ4n) is 2.96. The molecule has 1 amide bonds. The molecule has 1 aliphatic rings. The molecule has 0 radical (unpaired) electrons. The Hall–Kier alpha value is -1.84. The summed E-state index contributed by atoms with van der Waals surface area (Å²) in [6.07, 6.45) is 4.53. The van der Waals surface area contributed by atoms with E-state index >= 15 is 0 Å². The van der Waals surface area contributed by atoms with Crippen molar-refractivity contribution in [3.05, 3.63) is 34.4 Å². The van der Waals surface area contributed by atoms with Gasteiger partial charge in [0.1, 0.15) is 0 Å². The number of rotatable bonds is 6. The second kappa shape index (κ2) is 5.88. The van der Waals surface area contributed by atoms with Gasteiger partial charge in [0.25, 0.3) is 5.91 Å². The molecular formula is C17H23NO3. The molecule has 2 N–H and O–H groups in total. The Bertz CT molecular complexity index is 574. The number of carboxylic acids is 1. The number of carbonyl (C=O) groups is 2. The first-order chi connectivity index (χ1) is 9.90. The van der Waals surface area contributed by atoms with Crippen LogP contribution in [0.1, 0.15) is 64.4 Å². The Labute approximate surface area is 125 Å². The summed E-state index contributed by atoms with van der Waals surface area (Å²) in [7, 11) is 0. The molecule has 0 unspecified atom stereocenters. The topological polar surface area (TPSA) is 66.4 Å². The van der Waals surface area contributed by atoms with Gasteiger partial charge >= 0.3 is 5.97 Å². The molecule has 0 bridgehead atoms. The Morgan fingerprint density at radius 2 is 1.76 bits per heavy atom. The van der Waals surface area contributed by atoms with Crippen molar-refractivity contribution in [3.8, 4) is 0 Å². The van der Waals surface area contributed by atoms with Crippen LogP contribution in [0.4, 0.5) is 0 Å². The number of carbonyl (C=O) groups excluding carboxylic acids is 1. The van der Waals surface area contributed by atoms with Gasteiger partial charge in [0.2, 0.25) is 0 Å². The van der Waals surface area contributed by atoms with Gasteiger partial charge < -0.3 is 10.4 Å². The second-order valence-electron chi connectivity index (χ2n) is 6.19. The van der Waals surface area contributed by atoms with Crippen LogP contribution in [-0.2, 0) is 0 Å². The van der Waals surface area contributed by atoms with Crippen LogP contribution in [0.25, 0.3) is 0 Å². The van der Waals surface area contributed by atoms with Gasteiger partial charge in [0, 0.05) is 6.54 Å². The maximum atomic E-state index is 12.4. The number of hydrogen-bond donors (Lipinski definition) is 2. The third kappa shape index (κ3) is 3.26. The zero-order valence-electron chi connectivity index (χ0n) is 13.0. The summed E-state index contributed by atoms with van der Waals surface area (Å²) in [6, 6.07) is 3.55. The molecule has 0 aromatic heterocycles. The third-order valence-electron chi connectivity index (χ3n) is 4.42. The monoisotopic (exact) mass is 289 g/mol. The zero-order chi connectivity index (χ0) is 15.6. The summed E-state index contributed by atoms with van der Waals surface area (Å²) < 4.78 is 0. The summed E-state index contributed by atoms with van der Waals surface area (Å²) in [5.74, 6) is -1.31. The molecule has 0 atom stereocenters. The van der Waals surface area contributed by atoms with Crippen LogP contribution in [0.3, 0.4) is 0 Å². The summed E-state index contributed by atoms with van der Waals surface area (Å²) in [5, 5.41) is 12.3. The Morgan fingerprint density at radius 1 is 1.19 bits per heavy atom. The SMILES string of the molecule is CCCC1(CNC(=O)c2c(C)ccc(C)c2C(=O)O)CC1. The molecule has 1 saturated carbocycles. The molecule has 1 aromatic rings. The highest BCUT2D eigenvalue weighted by molar-refractivity contribution is 6.06. The number of aromatic carboxylic acids is 1. The van der Waals surface area contributed by atoms with Crippen LogP contribution < -0.4 is 5.32 Å². The molecule has 4 nitrogen and oxygen atoms in total. The number of aryl methyl sites for hydroxylation is 2. The van der Waals surface area contributed by atoms with Gasteiger partial charge in [-0.25, -0.2) is 4.79 Å². The highest BCUT2D eigenvalue weighted by Crippen LogP contribution is 2.48. The average Bonchev–Trinajstić information content (AvgIpc) is 3.18. The van der Waals surface area contributed by atoms with E-state index in [2.05, 4.69) is 12.2 Å². The van der Waals surface area contributed by atoms with Crippen molar-refractivity contribution in [1.82, 2.24) is 5.32 Å². The van der Waals surface area contributed by atoms with Gasteiger partial charge in [-0.3, -0.25) is 4.79 Å². The van der Waals surface area contributed by atoms with Gasteiger partial charge in [-0.2, -0.15) is 0 Å². The van der Waals surface area contributed by atoms with E-state index in [1.807, 2.05) is 0 Å². The van der Waals surface area contributed by atoms with Crippen molar-refractivity contribution < 1.29 is 14.7 Å². The molecule has 4 heteroatoms. The highest BCUT2D eigenvalue weighted by atomic mass is 16.4. The minimum Gasteiger partial charge on any atom is -0.478 e. The number of carboxylic acid groups (broad SMARTS) is 1. The standard InChI is InChI=1S/C17H23NO3/c1-4-7-17(8-9-17)10-18-15(19)13-11(2)5-6-12(3)14(13)16(20)21/h5-6H,4,7-10H2,1-3H3,(H,18,19)(H,20,21). The lowest BCUT2D eigenvalue weighted by molar-refractivity contribution is 0.0689. The van der Waals surface area contributed by atoms with Crippen LogP contribution in [0.2, 0.25) is 0 Å². The summed E-state index contributed by atoms with van der Waals surface area (Å²) >= 11 is 0. The number of nitrogens with one attached hydrogen (secondary N) is 1. The molecule has 2 rings (SSSR count). The summed E-state index contributed by atoms with van der Waals surface area (Å²) in [4.78, 5) is 23.9. The molecular weight excluding hydrogens is 266 g/mol. The maximum absolute atomic E-state index is 12.4. The zero-order valence-corrected chi connectivity index (χ0v) is 13.0. The molecule has 0 heterocycles. The fraction of sp³-hybridized carbons (Fsp3) is 0.529. The predicted molar refractivity (Wildman–Crippen MR) is 81.8 cm³/mol. The van der Waals surface area contributed by atoms with Gasteiger partial charge in [-0.15, -0.1) is 0 Å². The van der Waals surface area contributed by atoms with Crippen LogP contribution >= 0.6 is 0 Å². The molecule has 0 aliphatic heterocycles. The molecule has 0 spiro atoms. The van der Waals surface area contributed by atoms with Crippen LogP contribution in [0, 0.1) is 19.3 Å². The first-order valence-electron chi connectivity index (χ1n) is 7.52. The van der Waals surface area contributed by atoms with Gasteiger partial charge in [0.15, 0.2) is 0 Å². The Balaban J connectivity index is 2.19. The maximum Gasteiger partial charge on any atom is 0.336 e.